The average Bonchev–Trinajstić information content (AvgIpc) is 2.98. The molecule has 2 aromatic rings. The summed E-state index contributed by atoms with van der Waals surface area (Å²) in [6.07, 6.45) is 3.21. The number of carbonyl (C=O) groups excluding carboxylic acids is 1. The number of thiazole rings is 1. The van der Waals surface area contributed by atoms with Crippen LogP contribution < -0.4 is 10.1 Å². The van der Waals surface area contributed by atoms with Crippen molar-refractivity contribution in [3.05, 3.63) is 38.8 Å². The van der Waals surface area contributed by atoms with Crippen molar-refractivity contribution >= 4 is 45.6 Å². The van der Waals surface area contributed by atoms with Gasteiger partial charge in [0.25, 0.3) is 5.91 Å². The maximum atomic E-state index is 11.9. The van der Waals surface area contributed by atoms with Crippen LogP contribution in [0.4, 0.5) is 5.13 Å². The number of fused-ring (bicyclic) bond motifs is 1. The predicted octanol–water partition coefficient (Wildman–Crippen LogP) is 3.96. The van der Waals surface area contributed by atoms with Crippen LogP contribution in [0, 0.1) is 0 Å². The number of hydrogen-bond donors (Lipinski definition) is 1. The Kier molecular flexibility index (Phi) is 4.33. The lowest BCUT2D eigenvalue weighted by Gasteiger charge is -2.07. The fourth-order valence-electron chi connectivity index (χ4n) is 2.13. The molecule has 0 spiro atoms. The summed E-state index contributed by atoms with van der Waals surface area (Å²) in [6, 6.07) is 4.86. The first-order chi connectivity index (χ1) is 10.1. The van der Waals surface area contributed by atoms with Crippen LogP contribution >= 0.6 is 34.5 Å². The number of aromatic nitrogens is 1. The van der Waals surface area contributed by atoms with Crippen molar-refractivity contribution in [2.45, 2.75) is 19.3 Å². The SMILES string of the molecule is O=C(COc1ccc(Cl)cc1Cl)Nc1nc2c(s1)CCC2. The fourth-order valence-corrected chi connectivity index (χ4v) is 3.66. The van der Waals surface area contributed by atoms with E-state index in [4.69, 9.17) is 27.9 Å². The molecule has 1 aromatic heterocycles. The van der Waals surface area contributed by atoms with E-state index in [0.29, 0.717) is 20.9 Å². The summed E-state index contributed by atoms with van der Waals surface area (Å²) in [6.45, 7) is -0.119. The molecule has 0 radical (unpaired) electrons. The van der Waals surface area contributed by atoms with Crippen LogP contribution in [0.2, 0.25) is 10.0 Å². The minimum absolute atomic E-state index is 0.119. The molecule has 1 heterocycles. The molecule has 110 valence electrons. The molecule has 1 aliphatic rings. The van der Waals surface area contributed by atoms with Crippen molar-refractivity contribution in [2.24, 2.45) is 0 Å². The Labute approximate surface area is 136 Å². The zero-order valence-electron chi connectivity index (χ0n) is 11.0. The molecular formula is C14H12Cl2N2O2S. The second-order valence-corrected chi connectivity index (χ2v) is 6.58. The summed E-state index contributed by atoms with van der Waals surface area (Å²) in [5.41, 5.74) is 1.11. The molecule has 0 saturated heterocycles. The molecule has 4 nitrogen and oxygen atoms in total. The number of hydrogen-bond acceptors (Lipinski definition) is 4. The van der Waals surface area contributed by atoms with E-state index in [1.54, 1.807) is 18.2 Å². The molecule has 0 aliphatic heterocycles. The van der Waals surface area contributed by atoms with Crippen LogP contribution in [0.1, 0.15) is 17.0 Å². The van der Waals surface area contributed by atoms with E-state index >= 15 is 0 Å². The first-order valence-electron chi connectivity index (χ1n) is 6.48. The van der Waals surface area contributed by atoms with Crippen molar-refractivity contribution in [3.63, 3.8) is 0 Å². The van der Waals surface area contributed by atoms with Gasteiger partial charge in [0, 0.05) is 9.90 Å². The summed E-state index contributed by atoms with van der Waals surface area (Å²) in [5, 5.41) is 4.28. The molecule has 7 heteroatoms. The monoisotopic (exact) mass is 342 g/mol. The summed E-state index contributed by atoms with van der Waals surface area (Å²) in [5.74, 6) is 0.172. The van der Waals surface area contributed by atoms with Gasteiger partial charge < -0.3 is 4.74 Å². The molecule has 1 aromatic carbocycles. The van der Waals surface area contributed by atoms with Crippen molar-refractivity contribution in [1.29, 1.82) is 0 Å². The Morgan fingerprint density at radius 2 is 2.24 bits per heavy atom. The largest absolute Gasteiger partial charge is 0.482 e. The minimum Gasteiger partial charge on any atom is -0.482 e. The Bertz CT molecular complexity index is 666. The van der Waals surface area contributed by atoms with Crippen molar-refractivity contribution in [3.8, 4) is 5.75 Å². The second kappa shape index (κ2) is 6.22. The number of benzene rings is 1. The maximum Gasteiger partial charge on any atom is 0.264 e. The number of aryl methyl sites for hydroxylation is 2. The lowest BCUT2D eigenvalue weighted by atomic mass is 10.3. The van der Waals surface area contributed by atoms with E-state index in [0.717, 1.165) is 25.0 Å². The number of ether oxygens (including phenoxy) is 1. The van der Waals surface area contributed by atoms with E-state index in [2.05, 4.69) is 10.3 Å². The summed E-state index contributed by atoms with van der Waals surface area (Å²) >= 11 is 13.3. The van der Waals surface area contributed by atoms with Gasteiger partial charge in [0.15, 0.2) is 11.7 Å². The van der Waals surface area contributed by atoms with Gasteiger partial charge in [-0.3, -0.25) is 10.1 Å². The topological polar surface area (TPSA) is 51.2 Å². The normalized spacial score (nSPS) is 13.0. The van der Waals surface area contributed by atoms with Crippen LogP contribution in [0.15, 0.2) is 18.2 Å². The maximum absolute atomic E-state index is 11.9. The van der Waals surface area contributed by atoms with Crippen molar-refractivity contribution < 1.29 is 9.53 Å². The molecule has 0 bridgehead atoms. The molecule has 1 N–H and O–H groups in total. The summed E-state index contributed by atoms with van der Waals surface area (Å²) in [4.78, 5) is 17.5. The highest BCUT2D eigenvalue weighted by Crippen LogP contribution is 2.30. The van der Waals surface area contributed by atoms with E-state index < -0.39 is 0 Å². The number of anilines is 1. The molecule has 0 unspecified atom stereocenters. The van der Waals surface area contributed by atoms with Gasteiger partial charge in [-0.25, -0.2) is 4.98 Å². The first kappa shape index (κ1) is 14.6. The van der Waals surface area contributed by atoms with Gasteiger partial charge in [-0.05, 0) is 37.5 Å². The molecule has 0 atom stereocenters. The second-order valence-electron chi connectivity index (χ2n) is 4.65. The molecular weight excluding hydrogens is 331 g/mol. The van der Waals surface area contributed by atoms with E-state index in [1.807, 2.05) is 0 Å². The lowest BCUT2D eigenvalue weighted by molar-refractivity contribution is -0.118. The fraction of sp³-hybridized carbons (Fsp3) is 0.286. The highest BCUT2D eigenvalue weighted by Gasteiger charge is 2.17. The number of nitrogens with zero attached hydrogens (tertiary/aromatic N) is 1. The number of nitrogens with one attached hydrogen (secondary N) is 1. The van der Waals surface area contributed by atoms with E-state index in [9.17, 15) is 4.79 Å². The van der Waals surface area contributed by atoms with Crippen molar-refractivity contribution in [1.82, 2.24) is 4.98 Å². The number of amides is 1. The van der Waals surface area contributed by atoms with E-state index in [1.165, 1.54) is 16.2 Å². The Morgan fingerprint density at radius 3 is 3.00 bits per heavy atom. The molecule has 1 aliphatic carbocycles. The van der Waals surface area contributed by atoms with Gasteiger partial charge in [-0.1, -0.05) is 23.2 Å². The van der Waals surface area contributed by atoms with Gasteiger partial charge >= 0.3 is 0 Å². The van der Waals surface area contributed by atoms with Crippen LogP contribution in [0.25, 0.3) is 0 Å². The standard InChI is InChI=1S/C14H12Cl2N2O2S/c15-8-4-5-11(9(16)6-8)20-7-13(19)18-14-17-10-2-1-3-12(10)21-14/h4-6H,1-3,7H2,(H,17,18,19). The molecule has 0 fully saturated rings. The van der Waals surface area contributed by atoms with Crippen LogP contribution in [-0.4, -0.2) is 17.5 Å². The molecule has 1 amide bonds. The quantitative estimate of drug-likeness (QED) is 0.914. The highest BCUT2D eigenvalue weighted by molar-refractivity contribution is 7.15. The lowest BCUT2D eigenvalue weighted by Crippen LogP contribution is -2.20. The zero-order valence-corrected chi connectivity index (χ0v) is 13.3. The average molecular weight is 343 g/mol. The molecule has 0 saturated carbocycles. The first-order valence-corrected chi connectivity index (χ1v) is 8.05. The zero-order chi connectivity index (χ0) is 14.8. The predicted molar refractivity (Wildman–Crippen MR) is 84.7 cm³/mol. The Balaban J connectivity index is 1.56. The molecule has 21 heavy (non-hydrogen) atoms. The highest BCUT2D eigenvalue weighted by atomic mass is 35.5. The van der Waals surface area contributed by atoms with Gasteiger partial charge in [-0.15, -0.1) is 11.3 Å². The van der Waals surface area contributed by atoms with Gasteiger partial charge in [-0.2, -0.15) is 0 Å². The Morgan fingerprint density at radius 1 is 1.38 bits per heavy atom. The third kappa shape index (κ3) is 3.48. The summed E-state index contributed by atoms with van der Waals surface area (Å²) < 4.78 is 5.38. The van der Waals surface area contributed by atoms with Crippen molar-refractivity contribution in [2.75, 3.05) is 11.9 Å². The van der Waals surface area contributed by atoms with Crippen LogP contribution in [0.3, 0.4) is 0 Å². The van der Waals surface area contributed by atoms with E-state index in [-0.39, 0.29) is 12.5 Å². The number of rotatable bonds is 4. The van der Waals surface area contributed by atoms with Crippen LogP contribution in [0.5, 0.6) is 5.75 Å². The number of carbonyl (C=O) groups is 1. The number of halogens is 2. The Hall–Kier alpha value is -1.30. The smallest absolute Gasteiger partial charge is 0.264 e. The summed E-state index contributed by atoms with van der Waals surface area (Å²) in [7, 11) is 0. The minimum atomic E-state index is -0.256. The molecule has 3 rings (SSSR count). The van der Waals surface area contributed by atoms with Gasteiger partial charge in [0.1, 0.15) is 5.75 Å². The van der Waals surface area contributed by atoms with Crippen LogP contribution in [-0.2, 0) is 17.6 Å². The third-order valence-electron chi connectivity index (χ3n) is 3.09. The van der Waals surface area contributed by atoms with Gasteiger partial charge in [0.05, 0.1) is 10.7 Å². The third-order valence-corrected chi connectivity index (χ3v) is 4.70. The van der Waals surface area contributed by atoms with Gasteiger partial charge in [0.2, 0.25) is 0 Å².